The summed E-state index contributed by atoms with van der Waals surface area (Å²) in [6.07, 6.45) is 1.65. The van der Waals surface area contributed by atoms with Gasteiger partial charge in [0.25, 0.3) is 0 Å². The van der Waals surface area contributed by atoms with Gasteiger partial charge in [0, 0.05) is 19.2 Å². The summed E-state index contributed by atoms with van der Waals surface area (Å²) >= 11 is 0. The number of benzene rings is 2. The van der Waals surface area contributed by atoms with E-state index >= 15 is 0 Å². The highest BCUT2D eigenvalue weighted by Gasteiger charge is 2.31. The van der Waals surface area contributed by atoms with Crippen molar-refractivity contribution in [1.82, 2.24) is 20.2 Å². The summed E-state index contributed by atoms with van der Waals surface area (Å²) in [7, 11) is 1.53. The summed E-state index contributed by atoms with van der Waals surface area (Å²) in [6.45, 7) is 0.263. The number of carbonyl (C=O) groups excluding carboxylic acids is 2. The van der Waals surface area contributed by atoms with Gasteiger partial charge in [-0.3, -0.25) is 9.59 Å². The number of H-pyrrole nitrogens is 1. The Labute approximate surface area is 190 Å². The minimum absolute atomic E-state index is 0.0673. The topological polar surface area (TPSA) is 125 Å². The average Bonchev–Trinajstić information content (AvgIpc) is 3.42. The van der Waals surface area contributed by atoms with Gasteiger partial charge in [-0.05, 0) is 22.3 Å². The highest BCUT2D eigenvalue weighted by Crippen LogP contribution is 2.44. The normalized spacial score (nSPS) is 13.0. The maximum Gasteiger partial charge on any atom is 0.407 e. The molecule has 1 unspecified atom stereocenters. The van der Waals surface area contributed by atoms with Crippen molar-refractivity contribution in [2.45, 2.75) is 24.9 Å². The minimum atomic E-state index is -1.26. The SMILES string of the molecule is CN(Cc1cnc[nH]1)C(=O)C(CC(=O)O)NC(=O)OCC1c2ccccc2-c2ccccc21. The molecule has 9 heteroatoms. The Hall–Kier alpha value is -4.14. The maximum atomic E-state index is 12.8. The second-order valence-electron chi connectivity index (χ2n) is 7.89. The molecule has 1 aliphatic carbocycles. The number of carbonyl (C=O) groups is 3. The Kier molecular flexibility index (Phi) is 6.39. The molecule has 0 fully saturated rings. The molecule has 4 rings (SSSR count). The molecule has 1 heterocycles. The van der Waals surface area contributed by atoms with E-state index in [0.717, 1.165) is 22.3 Å². The number of alkyl carbamates (subject to hydrolysis) is 1. The van der Waals surface area contributed by atoms with E-state index < -0.39 is 30.4 Å². The molecule has 2 aromatic carbocycles. The number of imidazole rings is 1. The van der Waals surface area contributed by atoms with E-state index in [9.17, 15) is 19.5 Å². The van der Waals surface area contributed by atoms with Gasteiger partial charge in [0.05, 0.1) is 25.0 Å². The van der Waals surface area contributed by atoms with Crippen molar-refractivity contribution < 1.29 is 24.2 Å². The first-order valence-corrected chi connectivity index (χ1v) is 10.5. The molecule has 33 heavy (non-hydrogen) atoms. The number of rotatable bonds is 8. The summed E-state index contributed by atoms with van der Waals surface area (Å²) in [5, 5.41) is 11.6. The fourth-order valence-corrected chi connectivity index (χ4v) is 4.13. The molecular weight excluding hydrogens is 424 g/mol. The molecule has 0 spiro atoms. The van der Waals surface area contributed by atoms with Crippen molar-refractivity contribution in [3.8, 4) is 11.1 Å². The second-order valence-corrected chi connectivity index (χ2v) is 7.89. The van der Waals surface area contributed by atoms with Crippen molar-refractivity contribution in [1.29, 1.82) is 0 Å². The third kappa shape index (κ3) is 4.87. The monoisotopic (exact) mass is 448 g/mol. The first-order valence-electron chi connectivity index (χ1n) is 10.5. The molecule has 2 amide bonds. The Morgan fingerprint density at radius 3 is 2.33 bits per heavy atom. The van der Waals surface area contributed by atoms with Crippen LogP contribution in [0.1, 0.15) is 29.2 Å². The van der Waals surface area contributed by atoms with Crippen LogP contribution < -0.4 is 5.32 Å². The zero-order valence-electron chi connectivity index (χ0n) is 18.0. The van der Waals surface area contributed by atoms with E-state index in [-0.39, 0.29) is 19.1 Å². The predicted molar refractivity (Wildman–Crippen MR) is 119 cm³/mol. The molecule has 3 aromatic rings. The molecule has 0 aliphatic heterocycles. The predicted octanol–water partition coefficient (Wildman–Crippen LogP) is 2.75. The maximum absolute atomic E-state index is 12.8. The van der Waals surface area contributed by atoms with Crippen LogP contribution in [0.5, 0.6) is 0 Å². The second kappa shape index (κ2) is 9.56. The Morgan fingerprint density at radius 2 is 1.76 bits per heavy atom. The number of fused-ring (bicyclic) bond motifs is 3. The molecule has 9 nitrogen and oxygen atoms in total. The fraction of sp³-hybridized carbons (Fsp3) is 0.250. The van der Waals surface area contributed by atoms with Gasteiger partial charge in [-0.25, -0.2) is 9.78 Å². The summed E-state index contributed by atoms with van der Waals surface area (Å²) in [4.78, 5) is 44.7. The van der Waals surface area contributed by atoms with Crippen molar-refractivity contribution in [3.05, 3.63) is 77.9 Å². The summed E-state index contributed by atoms with van der Waals surface area (Å²) in [5.74, 6) is -1.89. The standard InChI is InChI=1S/C24H24N4O5/c1-28(12-15-11-25-14-26-15)23(31)21(10-22(29)30)27-24(32)33-13-20-18-8-4-2-6-16(18)17-7-3-5-9-19(17)20/h2-9,11,14,20-21H,10,12-13H2,1H3,(H,25,26)(H,27,32)(H,29,30). The molecule has 0 saturated heterocycles. The molecule has 1 atom stereocenters. The number of ether oxygens (including phenoxy) is 1. The Bertz CT molecular complexity index is 1120. The van der Waals surface area contributed by atoms with Crippen molar-refractivity contribution in [3.63, 3.8) is 0 Å². The Morgan fingerprint density at radius 1 is 1.12 bits per heavy atom. The van der Waals surface area contributed by atoms with Crippen LogP contribution in [0, 0.1) is 0 Å². The number of nitrogens with zero attached hydrogens (tertiary/aromatic N) is 2. The lowest BCUT2D eigenvalue weighted by Gasteiger charge is -2.23. The third-order valence-corrected chi connectivity index (χ3v) is 5.65. The number of amides is 2. The number of hydrogen-bond acceptors (Lipinski definition) is 5. The quantitative estimate of drug-likeness (QED) is 0.487. The van der Waals surface area contributed by atoms with Crippen molar-refractivity contribution in [2.24, 2.45) is 0 Å². The molecule has 1 aromatic heterocycles. The zero-order valence-corrected chi connectivity index (χ0v) is 18.0. The van der Waals surface area contributed by atoms with Crippen LogP contribution in [0.3, 0.4) is 0 Å². The Balaban J connectivity index is 1.42. The van der Waals surface area contributed by atoms with Gasteiger partial charge in [0.2, 0.25) is 5.91 Å². The van der Waals surface area contributed by atoms with E-state index in [4.69, 9.17) is 4.74 Å². The molecule has 0 bridgehead atoms. The third-order valence-electron chi connectivity index (χ3n) is 5.65. The highest BCUT2D eigenvalue weighted by molar-refractivity contribution is 5.89. The number of nitrogens with one attached hydrogen (secondary N) is 2. The van der Waals surface area contributed by atoms with Crippen LogP contribution in [-0.4, -0.2) is 57.6 Å². The molecule has 0 saturated carbocycles. The minimum Gasteiger partial charge on any atom is -0.481 e. The van der Waals surface area contributed by atoms with Gasteiger partial charge in [0.1, 0.15) is 12.6 Å². The van der Waals surface area contributed by atoms with E-state index in [1.54, 1.807) is 6.20 Å². The molecular formula is C24H24N4O5. The number of carboxylic acids is 1. The average molecular weight is 448 g/mol. The van der Waals surface area contributed by atoms with Crippen molar-refractivity contribution >= 4 is 18.0 Å². The number of hydrogen-bond donors (Lipinski definition) is 3. The first kappa shape index (κ1) is 22.1. The molecule has 170 valence electrons. The molecule has 0 radical (unpaired) electrons. The van der Waals surface area contributed by atoms with Gasteiger partial charge >= 0.3 is 12.1 Å². The summed E-state index contributed by atoms with van der Waals surface area (Å²) in [5.41, 5.74) is 5.00. The first-order chi connectivity index (χ1) is 15.9. The van der Waals surface area contributed by atoms with E-state index in [1.807, 2.05) is 48.5 Å². The van der Waals surface area contributed by atoms with Gasteiger partial charge in [-0.1, -0.05) is 48.5 Å². The summed E-state index contributed by atoms with van der Waals surface area (Å²) in [6, 6.07) is 14.6. The number of aliphatic carboxylic acids is 1. The molecule has 3 N–H and O–H groups in total. The van der Waals surface area contributed by atoms with Crippen LogP contribution >= 0.6 is 0 Å². The van der Waals surface area contributed by atoms with E-state index in [1.165, 1.54) is 18.3 Å². The lowest BCUT2D eigenvalue weighted by Crippen LogP contribution is -2.48. The fourth-order valence-electron chi connectivity index (χ4n) is 4.13. The number of aromatic nitrogens is 2. The van der Waals surface area contributed by atoms with Crippen LogP contribution in [0.4, 0.5) is 4.79 Å². The largest absolute Gasteiger partial charge is 0.481 e. The van der Waals surface area contributed by atoms with Crippen LogP contribution in [-0.2, 0) is 20.9 Å². The van der Waals surface area contributed by atoms with Crippen LogP contribution in [0.15, 0.2) is 61.1 Å². The number of aromatic amines is 1. The van der Waals surface area contributed by atoms with Crippen LogP contribution in [0.2, 0.25) is 0 Å². The van der Waals surface area contributed by atoms with Gasteiger partial charge in [-0.2, -0.15) is 0 Å². The zero-order chi connectivity index (χ0) is 23.4. The van der Waals surface area contributed by atoms with E-state index in [0.29, 0.717) is 5.69 Å². The van der Waals surface area contributed by atoms with Crippen LogP contribution in [0.25, 0.3) is 11.1 Å². The lowest BCUT2D eigenvalue weighted by atomic mass is 9.98. The number of carboxylic acid groups (broad SMARTS) is 1. The highest BCUT2D eigenvalue weighted by atomic mass is 16.5. The molecule has 1 aliphatic rings. The van der Waals surface area contributed by atoms with Crippen molar-refractivity contribution in [2.75, 3.05) is 13.7 Å². The smallest absolute Gasteiger partial charge is 0.407 e. The summed E-state index contributed by atoms with van der Waals surface area (Å²) < 4.78 is 5.46. The number of likely N-dealkylation sites (N-methyl/N-ethyl adjacent to an activating group) is 1. The van der Waals surface area contributed by atoms with Gasteiger partial charge < -0.3 is 25.0 Å². The van der Waals surface area contributed by atoms with E-state index in [2.05, 4.69) is 15.3 Å². The lowest BCUT2D eigenvalue weighted by molar-refractivity contribution is -0.142. The van der Waals surface area contributed by atoms with Gasteiger partial charge in [0.15, 0.2) is 0 Å². The van der Waals surface area contributed by atoms with Gasteiger partial charge in [-0.15, -0.1) is 0 Å².